The van der Waals surface area contributed by atoms with E-state index in [2.05, 4.69) is 19.1 Å². The van der Waals surface area contributed by atoms with Crippen LogP contribution in [-0.4, -0.2) is 25.1 Å². The van der Waals surface area contributed by atoms with Gasteiger partial charge in [0, 0.05) is 22.4 Å². The van der Waals surface area contributed by atoms with Gasteiger partial charge in [-0.3, -0.25) is 9.69 Å². The van der Waals surface area contributed by atoms with E-state index in [-0.39, 0.29) is 11.8 Å². The summed E-state index contributed by atoms with van der Waals surface area (Å²) in [5.41, 5.74) is 2.79. The Morgan fingerprint density at radius 2 is 1.75 bits per heavy atom. The van der Waals surface area contributed by atoms with Crippen LogP contribution in [0.1, 0.15) is 43.9 Å². The molecule has 1 aliphatic rings. The maximum Gasteiger partial charge on any atom is 0.236 e. The molecule has 1 amide bonds. The fourth-order valence-electron chi connectivity index (χ4n) is 4.32. The minimum absolute atomic E-state index is 0.0194. The molecule has 5 nitrogen and oxygen atoms in total. The molecule has 0 radical (unpaired) electrons. The average Bonchev–Trinajstić information content (AvgIpc) is 3.29. The number of amides is 1. The molecule has 3 aromatic rings. The van der Waals surface area contributed by atoms with Crippen molar-refractivity contribution in [2.45, 2.75) is 45.4 Å². The van der Waals surface area contributed by atoms with Gasteiger partial charge in [-0.25, -0.2) is 4.98 Å². The number of methoxy groups -OCH3 is 2. The van der Waals surface area contributed by atoms with Crippen LogP contribution in [0.4, 0.5) is 10.8 Å². The van der Waals surface area contributed by atoms with E-state index in [0.717, 1.165) is 49.0 Å². The summed E-state index contributed by atoms with van der Waals surface area (Å²) in [4.78, 5) is 21.8. The Kier molecular flexibility index (Phi) is 7.10. The number of anilines is 2. The highest BCUT2D eigenvalue weighted by molar-refractivity contribution is 7.16. The lowest BCUT2D eigenvalue weighted by Crippen LogP contribution is -2.33. The molecule has 0 N–H and O–H groups in total. The summed E-state index contributed by atoms with van der Waals surface area (Å²) in [5.74, 6) is 1.38. The van der Waals surface area contributed by atoms with E-state index in [1.165, 1.54) is 11.3 Å². The molecule has 1 aromatic heterocycles. The maximum absolute atomic E-state index is 13.8. The summed E-state index contributed by atoms with van der Waals surface area (Å²) >= 11 is 1.59. The normalized spacial score (nSPS) is 14.2. The van der Waals surface area contributed by atoms with E-state index < -0.39 is 0 Å². The van der Waals surface area contributed by atoms with Crippen molar-refractivity contribution >= 4 is 28.1 Å². The molecular weight excluding hydrogens is 420 g/mol. The van der Waals surface area contributed by atoms with Crippen molar-refractivity contribution in [1.29, 1.82) is 0 Å². The second-order valence-electron chi connectivity index (χ2n) is 8.04. The van der Waals surface area contributed by atoms with Crippen LogP contribution in [0.2, 0.25) is 0 Å². The Morgan fingerprint density at radius 1 is 1.03 bits per heavy atom. The highest BCUT2D eigenvalue weighted by Crippen LogP contribution is 2.41. The van der Waals surface area contributed by atoms with Gasteiger partial charge in [-0.05, 0) is 31.4 Å². The fraction of sp³-hybridized carbons (Fsp3) is 0.385. The van der Waals surface area contributed by atoms with Gasteiger partial charge in [-0.1, -0.05) is 56.5 Å². The first-order valence-corrected chi connectivity index (χ1v) is 12.1. The van der Waals surface area contributed by atoms with E-state index in [0.29, 0.717) is 16.6 Å². The highest BCUT2D eigenvalue weighted by atomic mass is 32.1. The largest absolute Gasteiger partial charge is 0.493 e. The minimum atomic E-state index is 0.0194. The van der Waals surface area contributed by atoms with Gasteiger partial charge in [-0.2, -0.15) is 0 Å². The third kappa shape index (κ3) is 4.51. The third-order valence-corrected chi connectivity index (χ3v) is 7.23. The smallest absolute Gasteiger partial charge is 0.236 e. The van der Waals surface area contributed by atoms with Gasteiger partial charge in [0.05, 0.1) is 25.6 Å². The topological polar surface area (TPSA) is 51.7 Å². The zero-order valence-electron chi connectivity index (χ0n) is 19.0. The van der Waals surface area contributed by atoms with Gasteiger partial charge in [0.2, 0.25) is 5.91 Å². The van der Waals surface area contributed by atoms with Gasteiger partial charge < -0.3 is 9.47 Å². The molecule has 0 spiro atoms. The number of carbonyl (C=O) groups is 1. The Bertz CT molecular complexity index is 1060. The number of aromatic nitrogens is 1. The Labute approximate surface area is 194 Å². The number of nitrogens with zero attached hydrogens (tertiary/aromatic N) is 2. The van der Waals surface area contributed by atoms with Crippen LogP contribution in [-0.2, 0) is 11.2 Å². The predicted octanol–water partition coefficient (Wildman–Crippen LogP) is 6.63. The molecule has 1 saturated carbocycles. The van der Waals surface area contributed by atoms with E-state index in [1.54, 1.807) is 30.5 Å². The zero-order valence-corrected chi connectivity index (χ0v) is 19.8. The number of carbonyl (C=O) groups excluding carboxylic acids is 1. The molecule has 0 unspecified atom stereocenters. The van der Waals surface area contributed by atoms with Crippen LogP contribution in [0.25, 0.3) is 11.3 Å². The summed E-state index contributed by atoms with van der Waals surface area (Å²) in [5, 5.41) is 0.712. The van der Waals surface area contributed by atoms with Gasteiger partial charge in [0.1, 0.15) is 0 Å². The van der Waals surface area contributed by atoms with Crippen molar-refractivity contribution in [3.8, 4) is 22.8 Å². The van der Waals surface area contributed by atoms with E-state index in [4.69, 9.17) is 14.5 Å². The first-order chi connectivity index (χ1) is 15.7. The van der Waals surface area contributed by atoms with Crippen molar-refractivity contribution in [3.63, 3.8) is 0 Å². The second kappa shape index (κ2) is 10.2. The Balaban J connectivity index is 1.81. The summed E-state index contributed by atoms with van der Waals surface area (Å²) in [6.45, 7) is 2.13. The van der Waals surface area contributed by atoms with E-state index >= 15 is 0 Å². The predicted molar refractivity (Wildman–Crippen MR) is 130 cm³/mol. The molecule has 0 atom stereocenters. The number of benzene rings is 2. The highest BCUT2D eigenvalue weighted by Gasteiger charge is 2.31. The van der Waals surface area contributed by atoms with E-state index in [1.807, 2.05) is 36.4 Å². The van der Waals surface area contributed by atoms with Crippen LogP contribution in [0, 0.1) is 5.92 Å². The Hall–Kier alpha value is -2.86. The number of hydrogen-bond acceptors (Lipinski definition) is 5. The summed E-state index contributed by atoms with van der Waals surface area (Å²) < 4.78 is 10.9. The molecule has 168 valence electrons. The van der Waals surface area contributed by atoms with Crippen LogP contribution >= 0.6 is 11.3 Å². The summed E-state index contributed by atoms with van der Waals surface area (Å²) in [7, 11) is 3.23. The van der Waals surface area contributed by atoms with Crippen molar-refractivity contribution in [2.24, 2.45) is 5.92 Å². The van der Waals surface area contributed by atoms with Gasteiger partial charge >= 0.3 is 0 Å². The summed E-state index contributed by atoms with van der Waals surface area (Å²) in [6.07, 6.45) is 6.13. The van der Waals surface area contributed by atoms with Gasteiger partial charge in [0.25, 0.3) is 0 Å². The first kappa shape index (κ1) is 22.3. The van der Waals surface area contributed by atoms with Crippen molar-refractivity contribution < 1.29 is 14.3 Å². The standard InChI is InChI=1S/C26H30N2O3S/c1-4-23-24(18-11-7-5-8-12-18)27-26(32-23)28(25(29)19-13-9-6-10-14-19)20-15-16-21(30-2)22(17-20)31-3/h5,7-8,11-12,15-17,19H,4,6,9-10,13-14H2,1-3H3. The average molecular weight is 451 g/mol. The van der Waals surface area contributed by atoms with Crippen molar-refractivity contribution in [3.05, 3.63) is 53.4 Å². The molecule has 0 bridgehead atoms. The van der Waals surface area contributed by atoms with E-state index in [9.17, 15) is 4.79 Å². The number of thiazole rings is 1. The second-order valence-corrected chi connectivity index (χ2v) is 9.10. The maximum atomic E-state index is 13.8. The lowest BCUT2D eigenvalue weighted by atomic mass is 9.88. The molecule has 0 aliphatic heterocycles. The molecule has 1 fully saturated rings. The lowest BCUT2D eigenvalue weighted by Gasteiger charge is -2.28. The monoisotopic (exact) mass is 450 g/mol. The molecule has 1 aliphatic carbocycles. The first-order valence-electron chi connectivity index (χ1n) is 11.3. The quantitative estimate of drug-likeness (QED) is 0.405. The molecule has 4 rings (SSSR count). The number of ether oxygens (including phenoxy) is 2. The molecule has 32 heavy (non-hydrogen) atoms. The molecule has 6 heteroatoms. The van der Waals surface area contributed by atoms with Crippen LogP contribution < -0.4 is 14.4 Å². The number of hydrogen-bond donors (Lipinski definition) is 0. The number of aryl methyl sites for hydroxylation is 1. The number of rotatable bonds is 7. The Morgan fingerprint density at radius 3 is 2.41 bits per heavy atom. The van der Waals surface area contributed by atoms with Crippen molar-refractivity contribution in [2.75, 3.05) is 19.1 Å². The lowest BCUT2D eigenvalue weighted by molar-refractivity contribution is -0.122. The molecule has 1 heterocycles. The fourth-order valence-corrected chi connectivity index (χ4v) is 5.37. The third-order valence-electron chi connectivity index (χ3n) is 6.05. The minimum Gasteiger partial charge on any atom is -0.493 e. The molecule has 0 saturated heterocycles. The van der Waals surface area contributed by atoms with Crippen LogP contribution in [0.15, 0.2) is 48.5 Å². The molecular formula is C26H30N2O3S. The van der Waals surface area contributed by atoms with Crippen molar-refractivity contribution in [1.82, 2.24) is 4.98 Å². The van der Waals surface area contributed by atoms with Gasteiger partial charge in [-0.15, -0.1) is 11.3 Å². The zero-order chi connectivity index (χ0) is 22.5. The van der Waals surface area contributed by atoms with Crippen LogP contribution in [0.5, 0.6) is 11.5 Å². The molecule has 2 aromatic carbocycles. The van der Waals surface area contributed by atoms with Crippen LogP contribution in [0.3, 0.4) is 0 Å². The summed E-state index contributed by atoms with van der Waals surface area (Å²) in [6, 6.07) is 15.8. The van der Waals surface area contributed by atoms with Gasteiger partial charge in [0.15, 0.2) is 16.6 Å². The SMILES string of the molecule is CCc1sc(N(C(=O)C2CCCCC2)c2ccc(OC)c(OC)c2)nc1-c1ccccc1.